The summed E-state index contributed by atoms with van der Waals surface area (Å²) >= 11 is 0. The van der Waals surface area contributed by atoms with Gasteiger partial charge in [0, 0.05) is 10.8 Å². The van der Waals surface area contributed by atoms with Gasteiger partial charge >= 0.3 is 0 Å². The molecule has 0 bridgehead atoms. The van der Waals surface area contributed by atoms with Gasteiger partial charge in [0.15, 0.2) is 0 Å². The molecule has 0 radical (unpaired) electrons. The zero-order chi connectivity index (χ0) is 12.5. The highest BCUT2D eigenvalue weighted by Crippen LogP contribution is 2.31. The molecule has 0 unspecified atom stereocenters. The average molecular weight is 238 g/mol. The SMILES string of the molecule is C=CCOc1ccc2oc3ccc(C)cc3c2c1. The van der Waals surface area contributed by atoms with Crippen molar-refractivity contribution >= 4 is 21.9 Å². The van der Waals surface area contributed by atoms with E-state index in [1.165, 1.54) is 5.56 Å². The number of benzene rings is 2. The summed E-state index contributed by atoms with van der Waals surface area (Å²) in [6.45, 7) is 6.24. The number of hydrogen-bond acceptors (Lipinski definition) is 2. The minimum Gasteiger partial charge on any atom is -0.490 e. The van der Waals surface area contributed by atoms with Gasteiger partial charge in [0.25, 0.3) is 0 Å². The Morgan fingerprint density at radius 3 is 2.61 bits per heavy atom. The van der Waals surface area contributed by atoms with Crippen molar-refractivity contribution in [2.45, 2.75) is 6.92 Å². The van der Waals surface area contributed by atoms with E-state index in [9.17, 15) is 0 Å². The van der Waals surface area contributed by atoms with Crippen LogP contribution in [0, 0.1) is 6.92 Å². The topological polar surface area (TPSA) is 22.4 Å². The van der Waals surface area contributed by atoms with Crippen molar-refractivity contribution in [2.24, 2.45) is 0 Å². The molecule has 2 nitrogen and oxygen atoms in total. The number of hydrogen-bond donors (Lipinski definition) is 0. The number of furan rings is 1. The van der Waals surface area contributed by atoms with Crippen LogP contribution in [0.5, 0.6) is 5.75 Å². The third-order valence-electron chi connectivity index (χ3n) is 2.96. The van der Waals surface area contributed by atoms with Crippen LogP contribution in [0.2, 0.25) is 0 Å². The molecule has 0 aliphatic heterocycles. The average Bonchev–Trinajstić information content (AvgIpc) is 2.74. The summed E-state index contributed by atoms with van der Waals surface area (Å²) in [6.07, 6.45) is 1.74. The third kappa shape index (κ3) is 1.76. The molecule has 0 spiro atoms. The first-order chi connectivity index (χ1) is 8.78. The highest BCUT2D eigenvalue weighted by molar-refractivity contribution is 6.05. The van der Waals surface area contributed by atoms with E-state index in [1.54, 1.807) is 6.08 Å². The lowest BCUT2D eigenvalue weighted by Gasteiger charge is -2.02. The van der Waals surface area contributed by atoms with Gasteiger partial charge in [-0.1, -0.05) is 24.3 Å². The van der Waals surface area contributed by atoms with Crippen molar-refractivity contribution in [1.29, 1.82) is 0 Å². The third-order valence-corrected chi connectivity index (χ3v) is 2.96. The highest BCUT2D eigenvalue weighted by Gasteiger charge is 2.07. The molecule has 0 saturated carbocycles. The van der Waals surface area contributed by atoms with E-state index in [2.05, 4.69) is 25.6 Å². The van der Waals surface area contributed by atoms with Crippen LogP contribution in [0.25, 0.3) is 21.9 Å². The van der Waals surface area contributed by atoms with Crippen LogP contribution in [0.1, 0.15) is 5.56 Å². The number of aryl methyl sites for hydroxylation is 1. The predicted octanol–water partition coefficient (Wildman–Crippen LogP) is 4.46. The fourth-order valence-electron chi connectivity index (χ4n) is 2.12. The molecule has 3 aromatic rings. The van der Waals surface area contributed by atoms with Gasteiger partial charge < -0.3 is 9.15 Å². The van der Waals surface area contributed by atoms with Crippen molar-refractivity contribution in [3.05, 3.63) is 54.6 Å². The van der Waals surface area contributed by atoms with Gasteiger partial charge in [-0.05, 0) is 37.3 Å². The standard InChI is InChI=1S/C16H14O2/c1-3-8-17-12-5-7-16-14(10-12)13-9-11(2)4-6-15(13)18-16/h3-7,9-10H,1,8H2,2H3. The Kier molecular flexibility index (Phi) is 2.56. The number of fused-ring (bicyclic) bond motifs is 3. The predicted molar refractivity (Wildman–Crippen MR) is 74.1 cm³/mol. The van der Waals surface area contributed by atoms with Crippen LogP contribution >= 0.6 is 0 Å². The minimum atomic E-state index is 0.514. The maximum atomic E-state index is 5.79. The molecule has 18 heavy (non-hydrogen) atoms. The fourth-order valence-corrected chi connectivity index (χ4v) is 2.12. The molecule has 0 amide bonds. The van der Waals surface area contributed by atoms with Crippen LogP contribution < -0.4 is 4.74 Å². The Hall–Kier alpha value is -2.22. The second-order valence-corrected chi connectivity index (χ2v) is 4.36. The Labute approximate surface area is 105 Å². The largest absolute Gasteiger partial charge is 0.490 e. The lowest BCUT2D eigenvalue weighted by molar-refractivity contribution is 0.363. The summed E-state index contributed by atoms with van der Waals surface area (Å²) in [5.74, 6) is 0.839. The lowest BCUT2D eigenvalue weighted by atomic mass is 10.1. The van der Waals surface area contributed by atoms with Crippen molar-refractivity contribution in [2.75, 3.05) is 6.61 Å². The second kappa shape index (κ2) is 4.22. The molecule has 1 heterocycles. The van der Waals surface area contributed by atoms with Crippen LogP contribution in [-0.2, 0) is 0 Å². The van der Waals surface area contributed by atoms with Crippen molar-refractivity contribution in [3.8, 4) is 5.75 Å². The Bertz CT molecular complexity index is 722. The molecular formula is C16H14O2. The van der Waals surface area contributed by atoms with Crippen LogP contribution in [0.3, 0.4) is 0 Å². The van der Waals surface area contributed by atoms with Crippen molar-refractivity contribution < 1.29 is 9.15 Å². The molecule has 0 aliphatic carbocycles. The van der Waals surface area contributed by atoms with Gasteiger partial charge in [0.05, 0.1) is 0 Å². The first-order valence-corrected chi connectivity index (χ1v) is 5.94. The van der Waals surface area contributed by atoms with E-state index in [4.69, 9.17) is 9.15 Å². The first kappa shape index (κ1) is 10.9. The van der Waals surface area contributed by atoms with Crippen molar-refractivity contribution in [1.82, 2.24) is 0 Å². The molecule has 0 N–H and O–H groups in total. The van der Waals surface area contributed by atoms with E-state index in [1.807, 2.05) is 24.3 Å². The van der Waals surface area contributed by atoms with E-state index in [-0.39, 0.29) is 0 Å². The minimum absolute atomic E-state index is 0.514. The highest BCUT2D eigenvalue weighted by atomic mass is 16.5. The van der Waals surface area contributed by atoms with Gasteiger partial charge in [-0.25, -0.2) is 0 Å². The normalized spacial score (nSPS) is 10.9. The molecular weight excluding hydrogens is 224 g/mol. The summed E-state index contributed by atoms with van der Waals surface area (Å²) < 4.78 is 11.3. The summed E-state index contributed by atoms with van der Waals surface area (Å²) in [5, 5.41) is 2.23. The van der Waals surface area contributed by atoms with Gasteiger partial charge in [0.1, 0.15) is 23.5 Å². The van der Waals surface area contributed by atoms with Crippen LogP contribution in [0.15, 0.2) is 53.5 Å². The number of ether oxygens (including phenoxy) is 1. The van der Waals surface area contributed by atoms with Gasteiger partial charge in [-0.3, -0.25) is 0 Å². The lowest BCUT2D eigenvalue weighted by Crippen LogP contribution is -1.91. The Morgan fingerprint density at radius 2 is 1.83 bits per heavy atom. The first-order valence-electron chi connectivity index (χ1n) is 5.94. The van der Waals surface area contributed by atoms with Crippen molar-refractivity contribution in [3.63, 3.8) is 0 Å². The van der Waals surface area contributed by atoms with Gasteiger partial charge in [-0.2, -0.15) is 0 Å². The molecule has 0 atom stereocenters. The summed E-state index contributed by atoms with van der Waals surface area (Å²) in [5.41, 5.74) is 3.03. The zero-order valence-electron chi connectivity index (χ0n) is 10.3. The monoisotopic (exact) mass is 238 g/mol. The maximum absolute atomic E-state index is 5.79. The Morgan fingerprint density at radius 1 is 1.11 bits per heavy atom. The summed E-state index contributed by atoms with van der Waals surface area (Å²) in [6, 6.07) is 12.1. The zero-order valence-corrected chi connectivity index (χ0v) is 10.3. The van der Waals surface area contributed by atoms with Gasteiger partial charge in [-0.15, -0.1) is 0 Å². The molecule has 0 aliphatic rings. The van der Waals surface area contributed by atoms with Gasteiger partial charge in [0.2, 0.25) is 0 Å². The number of rotatable bonds is 3. The molecule has 0 fully saturated rings. The van der Waals surface area contributed by atoms with E-state index < -0.39 is 0 Å². The smallest absolute Gasteiger partial charge is 0.135 e. The maximum Gasteiger partial charge on any atom is 0.135 e. The molecule has 0 saturated heterocycles. The van der Waals surface area contributed by atoms with E-state index in [0.717, 1.165) is 27.7 Å². The summed E-state index contributed by atoms with van der Waals surface area (Å²) in [7, 11) is 0. The fraction of sp³-hybridized carbons (Fsp3) is 0.125. The van der Waals surface area contributed by atoms with Crippen LogP contribution in [0.4, 0.5) is 0 Å². The van der Waals surface area contributed by atoms with E-state index in [0.29, 0.717) is 6.61 Å². The molecule has 1 aromatic heterocycles. The van der Waals surface area contributed by atoms with Crippen LogP contribution in [-0.4, -0.2) is 6.61 Å². The van der Waals surface area contributed by atoms with E-state index >= 15 is 0 Å². The molecule has 2 aromatic carbocycles. The molecule has 3 rings (SSSR count). The summed E-state index contributed by atoms with van der Waals surface area (Å²) in [4.78, 5) is 0. The molecule has 2 heteroatoms. The quantitative estimate of drug-likeness (QED) is 0.628. The second-order valence-electron chi connectivity index (χ2n) is 4.36. The molecule has 90 valence electrons. The Balaban J connectivity index is 2.21.